The summed E-state index contributed by atoms with van der Waals surface area (Å²) in [6, 6.07) is 5.44. The van der Waals surface area contributed by atoms with E-state index in [0.29, 0.717) is 10.6 Å². The number of nitrogens with one attached hydrogen (secondary N) is 2. The van der Waals surface area contributed by atoms with E-state index in [1.165, 1.54) is 5.56 Å². The van der Waals surface area contributed by atoms with E-state index in [2.05, 4.69) is 15.7 Å². The van der Waals surface area contributed by atoms with Crippen LogP contribution in [0.2, 0.25) is 5.02 Å². The van der Waals surface area contributed by atoms with Gasteiger partial charge < -0.3 is 15.7 Å². The second-order valence-corrected chi connectivity index (χ2v) is 6.19. The molecule has 122 valence electrons. The normalized spacial score (nSPS) is 17.6. The van der Waals surface area contributed by atoms with Gasteiger partial charge in [-0.2, -0.15) is 5.10 Å². The molecule has 0 radical (unpaired) electrons. The van der Waals surface area contributed by atoms with Crippen LogP contribution < -0.4 is 10.6 Å². The molecule has 2 amide bonds. The van der Waals surface area contributed by atoms with Crippen molar-refractivity contribution in [3.63, 3.8) is 0 Å². The first-order valence-electron chi connectivity index (χ1n) is 7.52. The third-order valence-electron chi connectivity index (χ3n) is 4.05. The van der Waals surface area contributed by atoms with Crippen molar-refractivity contribution in [1.29, 1.82) is 0 Å². The van der Waals surface area contributed by atoms with E-state index in [9.17, 15) is 9.90 Å². The van der Waals surface area contributed by atoms with Crippen molar-refractivity contribution in [3.05, 3.63) is 52.3 Å². The fourth-order valence-electron chi connectivity index (χ4n) is 2.86. The number of amides is 2. The van der Waals surface area contributed by atoms with E-state index < -0.39 is 6.10 Å². The van der Waals surface area contributed by atoms with Crippen LogP contribution in [-0.2, 0) is 13.5 Å². The van der Waals surface area contributed by atoms with Gasteiger partial charge in [-0.05, 0) is 36.1 Å². The van der Waals surface area contributed by atoms with Gasteiger partial charge in [-0.25, -0.2) is 4.79 Å². The molecular weight excluding hydrogens is 316 g/mol. The van der Waals surface area contributed by atoms with E-state index in [4.69, 9.17) is 11.6 Å². The lowest BCUT2D eigenvalue weighted by molar-refractivity contribution is 0.172. The largest absolute Gasteiger partial charge is 0.386 e. The number of aliphatic hydroxyl groups excluding tert-OH is 1. The number of rotatable bonds is 4. The van der Waals surface area contributed by atoms with Gasteiger partial charge in [0, 0.05) is 30.4 Å². The second-order valence-electron chi connectivity index (χ2n) is 5.75. The fourth-order valence-corrected chi connectivity index (χ4v) is 3.06. The highest BCUT2D eigenvalue weighted by Gasteiger charge is 2.24. The SMILES string of the molecule is Cn1cc([C@@H](O)CNC(=O)N[C@H]2CCc3cc(Cl)ccc32)cn1. The molecule has 1 aromatic heterocycles. The number of fused-ring (bicyclic) bond motifs is 1. The molecule has 2 atom stereocenters. The van der Waals surface area contributed by atoms with Crippen molar-refractivity contribution in [2.45, 2.75) is 25.0 Å². The molecule has 0 aliphatic heterocycles. The number of hydrogen-bond donors (Lipinski definition) is 3. The number of aromatic nitrogens is 2. The lowest BCUT2D eigenvalue weighted by Gasteiger charge is -2.16. The van der Waals surface area contributed by atoms with Gasteiger partial charge >= 0.3 is 6.03 Å². The average molecular weight is 335 g/mol. The van der Waals surface area contributed by atoms with E-state index in [1.54, 1.807) is 24.1 Å². The second kappa shape index (κ2) is 6.60. The maximum Gasteiger partial charge on any atom is 0.315 e. The number of aliphatic hydroxyl groups is 1. The Labute approximate surface area is 139 Å². The Hall–Kier alpha value is -2.05. The molecule has 7 heteroatoms. The Kier molecular flexibility index (Phi) is 4.54. The molecule has 6 nitrogen and oxygen atoms in total. The molecule has 1 aliphatic carbocycles. The summed E-state index contributed by atoms with van der Waals surface area (Å²) in [7, 11) is 1.78. The van der Waals surface area contributed by atoms with Crippen LogP contribution >= 0.6 is 11.6 Å². The Morgan fingerprint density at radius 1 is 1.57 bits per heavy atom. The topological polar surface area (TPSA) is 79.2 Å². The smallest absolute Gasteiger partial charge is 0.315 e. The van der Waals surface area contributed by atoms with Crippen molar-refractivity contribution >= 4 is 17.6 Å². The van der Waals surface area contributed by atoms with Crippen LogP contribution in [0.25, 0.3) is 0 Å². The molecule has 2 aromatic rings. The molecule has 0 bridgehead atoms. The number of carbonyl (C=O) groups excluding carboxylic acids is 1. The summed E-state index contributed by atoms with van der Waals surface area (Å²) in [5, 5.41) is 20.4. The van der Waals surface area contributed by atoms with Gasteiger partial charge in [-0.1, -0.05) is 17.7 Å². The lowest BCUT2D eigenvalue weighted by Crippen LogP contribution is -2.39. The third kappa shape index (κ3) is 3.65. The predicted octanol–water partition coefficient (Wildman–Crippen LogP) is 2.09. The summed E-state index contributed by atoms with van der Waals surface area (Å²) in [4.78, 5) is 12.0. The van der Waals surface area contributed by atoms with E-state index in [1.807, 2.05) is 18.2 Å². The number of aryl methyl sites for hydroxylation is 2. The highest BCUT2D eigenvalue weighted by Crippen LogP contribution is 2.32. The zero-order valence-electron chi connectivity index (χ0n) is 12.8. The standard InChI is InChI=1S/C16H19ClN4O2/c1-21-9-11(7-19-21)15(22)8-18-16(23)20-14-5-2-10-6-12(17)3-4-13(10)14/h3-4,6-7,9,14-15,22H,2,5,8H2,1H3,(H2,18,20,23)/t14-,15-/m0/s1. The fraction of sp³-hybridized carbons (Fsp3) is 0.375. The van der Waals surface area contributed by atoms with Crippen LogP contribution in [0.3, 0.4) is 0 Å². The molecule has 0 unspecified atom stereocenters. The molecule has 0 saturated heterocycles. The van der Waals surface area contributed by atoms with Gasteiger partial charge in [-0.3, -0.25) is 4.68 Å². The minimum atomic E-state index is -0.774. The monoisotopic (exact) mass is 334 g/mol. The number of hydrogen-bond acceptors (Lipinski definition) is 3. The van der Waals surface area contributed by atoms with Crippen molar-refractivity contribution < 1.29 is 9.90 Å². The number of carbonyl (C=O) groups is 1. The summed E-state index contributed by atoms with van der Waals surface area (Å²) in [6.45, 7) is 0.137. The molecule has 3 rings (SSSR count). The van der Waals surface area contributed by atoms with Gasteiger partial charge in [-0.15, -0.1) is 0 Å². The first kappa shape index (κ1) is 15.8. The summed E-state index contributed by atoms with van der Waals surface area (Å²) in [5.41, 5.74) is 2.96. The van der Waals surface area contributed by atoms with E-state index >= 15 is 0 Å². The third-order valence-corrected chi connectivity index (χ3v) is 4.29. The summed E-state index contributed by atoms with van der Waals surface area (Å²) >= 11 is 5.99. The van der Waals surface area contributed by atoms with Gasteiger partial charge in [0.05, 0.1) is 18.3 Å². The first-order valence-corrected chi connectivity index (χ1v) is 7.90. The molecule has 0 fully saturated rings. The Balaban J connectivity index is 1.53. The van der Waals surface area contributed by atoms with Crippen LogP contribution in [0.15, 0.2) is 30.6 Å². The Morgan fingerprint density at radius 2 is 2.39 bits per heavy atom. The highest BCUT2D eigenvalue weighted by atomic mass is 35.5. The van der Waals surface area contributed by atoms with Gasteiger partial charge in [0.1, 0.15) is 0 Å². The summed E-state index contributed by atoms with van der Waals surface area (Å²) < 4.78 is 1.61. The van der Waals surface area contributed by atoms with Crippen molar-refractivity contribution in [2.75, 3.05) is 6.54 Å². The van der Waals surface area contributed by atoms with E-state index in [0.717, 1.165) is 18.4 Å². The summed E-state index contributed by atoms with van der Waals surface area (Å²) in [6.07, 6.45) is 4.29. The number of urea groups is 1. The molecule has 1 heterocycles. The van der Waals surface area contributed by atoms with Crippen LogP contribution in [0, 0.1) is 0 Å². The molecule has 3 N–H and O–H groups in total. The van der Waals surface area contributed by atoms with Gasteiger partial charge in [0.2, 0.25) is 0 Å². The molecule has 0 saturated carbocycles. The summed E-state index contributed by atoms with van der Waals surface area (Å²) in [5.74, 6) is 0. The van der Waals surface area contributed by atoms with Crippen molar-refractivity contribution in [3.8, 4) is 0 Å². The number of halogens is 1. The van der Waals surface area contributed by atoms with Crippen LogP contribution in [0.5, 0.6) is 0 Å². The van der Waals surface area contributed by atoms with Crippen molar-refractivity contribution in [1.82, 2.24) is 20.4 Å². The number of benzene rings is 1. The molecule has 1 aromatic carbocycles. The van der Waals surface area contributed by atoms with Crippen molar-refractivity contribution in [2.24, 2.45) is 7.05 Å². The molecular formula is C16H19ClN4O2. The first-order chi connectivity index (χ1) is 11.0. The van der Waals surface area contributed by atoms with E-state index in [-0.39, 0.29) is 18.6 Å². The zero-order chi connectivity index (χ0) is 16.4. The Morgan fingerprint density at radius 3 is 3.13 bits per heavy atom. The van der Waals surface area contributed by atoms with Crippen LogP contribution in [-0.4, -0.2) is 27.5 Å². The lowest BCUT2D eigenvalue weighted by atomic mass is 10.1. The van der Waals surface area contributed by atoms with Gasteiger partial charge in [0.15, 0.2) is 0 Å². The number of nitrogens with zero attached hydrogens (tertiary/aromatic N) is 2. The Bertz CT molecular complexity index is 716. The van der Waals surface area contributed by atoms with Crippen LogP contribution in [0.1, 0.15) is 35.3 Å². The van der Waals surface area contributed by atoms with Gasteiger partial charge in [0.25, 0.3) is 0 Å². The molecule has 23 heavy (non-hydrogen) atoms. The highest BCUT2D eigenvalue weighted by molar-refractivity contribution is 6.30. The maximum absolute atomic E-state index is 12.0. The minimum Gasteiger partial charge on any atom is -0.386 e. The minimum absolute atomic E-state index is 0.0159. The van der Waals surface area contributed by atoms with Crippen LogP contribution in [0.4, 0.5) is 4.79 Å². The molecule has 0 spiro atoms. The predicted molar refractivity (Wildman–Crippen MR) is 87.2 cm³/mol. The molecule has 1 aliphatic rings. The average Bonchev–Trinajstić information content (AvgIpc) is 3.11. The zero-order valence-corrected chi connectivity index (χ0v) is 13.5. The quantitative estimate of drug-likeness (QED) is 0.801. The maximum atomic E-state index is 12.0.